The fraction of sp³-hybridized carbons (Fsp3) is 0.650. The van der Waals surface area contributed by atoms with Crippen molar-refractivity contribution >= 4 is 5.91 Å². The first kappa shape index (κ1) is 16.9. The van der Waals surface area contributed by atoms with Gasteiger partial charge in [-0.2, -0.15) is 0 Å². The predicted octanol–water partition coefficient (Wildman–Crippen LogP) is 2.05. The number of fused-ring (bicyclic) bond motifs is 1. The second kappa shape index (κ2) is 7.34. The van der Waals surface area contributed by atoms with E-state index in [1.165, 1.54) is 6.42 Å². The summed E-state index contributed by atoms with van der Waals surface area (Å²) in [4.78, 5) is 14.6. The Morgan fingerprint density at radius 2 is 1.88 bits per heavy atom. The van der Waals surface area contributed by atoms with Gasteiger partial charge in [-0.25, -0.2) is 0 Å². The van der Waals surface area contributed by atoms with Crippen molar-refractivity contribution in [3.8, 4) is 5.75 Å². The summed E-state index contributed by atoms with van der Waals surface area (Å²) >= 11 is 0. The molecule has 1 saturated carbocycles. The maximum absolute atomic E-state index is 12.7. The molecule has 1 amide bonds. The number of nitrogens with one attached hydrogen (secondary N) is 1. The number of carbonyl (C=O) groups is 1. The number of aliphatic hydroxyl groups excluding tert-OH is 1. The molecule has 4 atom stereocenters. The molecular weight excluding hydrogens is 316 g/mol. The van der Waals surface area contributed by atoms with E-state index >= 15 is 0 Å². The summed E-state index contributed by atoms with van der Waals surface area (Å²) in [5, 5.41) is 13.8. The van der Waals surface area contributed by atoms with Crippen LogP contribution >= 0.6 is 0 Å². The van der Waals surface area contributed by atoms with E-state index in [4.69, 9.17) is 4.74 Å². The van der Waals surface area contributed by atoms with Crippen LogP contribution in [0.2, 0.25) is 0 Å². The molecule has 0 radical (unpaired) electrons. The summed E-state index contributed by atoms with van der Waals surface area (Å²) in [6.45, 7) is 3.72. The van der Waals surface area contributed by atoms with Gasteiger partial charge in [-0.3, -0.25) is 4.79 Å². The molecule has 0 spiro atoms. The third kappa shape index (κ3) is 3.67. The molecule has 3 fully saturated rings. The van der Waals surface area contributed by atoms with Crippen LogP contribution in [0.4, 0.5) is 0 Å². The average molecular weight is 344 g/mol. The number of aliphatic hydroxyl groups is 1. The van der Waals surface area contributed by atoms with Crippen molar-refractivity contribution in [2.24, 2.45) is 11.8 Å². The summed E-state index contributed by atoms with van der Waals surface area (Å²) in [5.74, 6) is 1.94. The Labute approximate surface area is 149 Å². The molecule has 2 aliphatic heterocycles. The number of benzene rings is 1. The highest BCUT2D eigenvalue weighted by Gasteiger charge is 2.39. The Balaban J connectivity index is 1.43. The molecule has 5 nitrogen and oxygen atoms in total. The third-order valence-electron chi connectivity index (χ3n) is 6.00. The van der Waals surface area contributed by atoms with Crippen LogP contribution in [0.15, 0.2) is 24.3 Å². The van der Waals surface area contributed by atoms with Gasteiger partial charge in [0, 0.05) is 18.7 Å². The van der Waals surface area contributed by atoms with E-state index in [9.17, 15) is 9.90 Å². The van der Waals surface area contributed by atoms with E-state index < -0.39 is 6.10 Å². The van der Waals surface area contributed by atoms with Crippen LogP contribution in [0.25, 0.3) is 0 Å². The number of likely N-dealkylation sites (tertiary alicyclic amines) is 1. The fourth-order valence-corrected chi connectivity index (χ4v) is 4.54. The lowest BCUT2D eigenvalue weighted by molar-refractivity contribution is -0.0231. The molecule has 1 aliphatic carbocycles. The Kier molecular flexibility index (Phi) is 4.95. The number of carbonyl (C=O) groups excluding carboxylic acids is 1. The van der Waals surface area contributed by atoms with Gasteiger partial charge in [0.05, 0.1) is 6.10 Å². The molecule has 5 heteroatoms. The quantitative estimate of drug-likeness (QED) is 0.881. The van der Waals surface area contributed by atoms with Crippen molar-refractivity contribution in [1.29, 1.82) is 0 Å². The van der Waals surface area contributed by atoms with Crippen LogP contribution < -0.4 is 10.1 Å². The van der Waals surface area contributed by atoms with Gasteiger partial charge in [-0.05, 0) is 75.2 Å². The fourth-order valence-electron chi connectivity index (χ4n) is 4.54. The summed E-state index contributed by atoms with van der Waals surface area (Å²) in [5.41, 5.74) is 0.685. The normalized spacial score (nSPS) is 32.3. The maximum atomic E-state index is 12.7. The minimum Gasteiger partial charge on any atom is -0.488 e. The van der Waals surface area contributed by atoms with E-state index in [-0.39, 0.29) is 12.0 Å². The topological polar surface area (TPSA) is 61.8 Å². The predicted molar refractivity (Wildman–Crippen MR) is 95.7 cm³/mol. The molecule has 0 unspecified atom stereocenters. The number of ether oxygens (including phenoxy) is 1. The van der Waals surface area contributed by atoms with Crippen LogP contribution in [0.3, 0.4) is 0 Å². The first-order valence-electron chi connectivity index (χ1n) is 9.65. The lowest BCUT2D eigenvalue weighted by atomic mass is 9.78. The molecule has 2 heterocycles. The molecule has 25 heavy (non-hydrogen) atoms. The Bertz CT molecular complexity index is 615. The summed E-state index contributed by atoms with van der Waals surface area (Å²) in [6.07, 6.45) is 4.46. The molecule has 1 aromatic carbocycles. The Hall–Kier alpha value is -1.59. The zero-order valence-corrected chi connectivity index (χ0v) is 14.7. The van der Waals surface area contributed by atoms with Crippen LogP contribution in [0.5, 0.6) is 5.75 Å². The highest BCUT2D eigenvalue weighted by atomic mass is 16.5. The number of nitrogens with zero attached hydrogens (tertiary/aromatic N) is 1. The van der Waals surface area contributed by atoms with Gasteiger partial charge in [-0.1, -0.05) is 6.07 Å². The Morgan fingerprint density at radius 1 is 1.12 bits per heavy atom. The highest BCUT2D eigenvalue weighted by Crippen LogP contribution is 2.35. The molecule has 0 aromatic heterocycles. The van der Waals surface area contributed by atoms with Gasteiger partial charge >= 0.3 is 0 Å². The lowest BCUT2D eigenvalue weighted by Crippen LogP contribution is -2.42. The van der Waals surface area contributed by atoms with Gasteiger partial charge < -0.3 is 20.1 Å². The summed E-state index contributed by atoms with van der Waals surface area (Å²) in [7, 11) is 0. The van der Waals surface area contributed by atoms with Crippen molar-refractivity contribution in [3.63, 3.8) is 0 Å². The number of hydrogen-bond acceptors (Lipinski definition) is 4. The summed E-state index contributed by atoms with van der Waals surface area (Å²) < 4.78 is 6.11. The third-order valence-corrected chi connectivity index (χ3v) is 6.00. The smallest absolute Gasteiger partial charge is 0.253 e. The number of amides is 1. The molecule has 3 aliphatic rings. The summed E-state index contributed by atoms with van der Waals surface area (Å²) in [6, 6.07) is 7.46. The van der Waals surface area contributed by atoms with Crippen LogP contribution in [-0.4, -0.2) is 54.3 Å². The zero-order chi connectivity index (χ0) is 17.2. The molecule has 4 rings (SSSR count). The minimum absolute atomic E-state index is 0.0920. The number of rotatable bonds is 3. The molecular formula is C20H28N2O3. The van der Waals surface area contributed by atoms with Gasteiger partial charge in [0.1, 0.15) is 11.9 Å². The minimum atomic E-state index is -0.428. The molecule has 1 aromatic rings. The van der Waals surface area contributed by atoms with Gasteiger partial charge in [0.2, 0.25) is 0 Å². The number of piperidine rings is 1. The van der Waals surface area contributed by atoms with Crippen molar-refractivity contribution in [3.05, 3.63) is 29.8 Å². The van der Waals surface area contributed by atoms with Gasteiger partial charge in [0.25, 0.3) is 5.91 Å². The highest BCUT2D eigenvalue weighted by molar-refractivity contribution is 5.94. The van der Waals surface area contributed by atoms with E-state index in [2.05, 4.69) is 5.32 Å². The monoisotopic (exact) mass is 344 g/mol. The van der Waals surface area contributed by atoms with E-state index in [0.717, 1.165) is 51.9 Å². The SMILES string of the molecule is O=C(c1cccc(O[C@@H]2C[C@@H]3CNC[C@@H]3C[C@H]2O)c1)N1CCCCC1. The van der Waals surface area contributed by atoms with Gasteiger partial charge in [-0.15, -0.1) is 0 Å². The van der Waals surface area contributed by atoms with Crippen LogP contribution in [-0.2, 0) is 0 Å². The zero-order valence-electron chi connectivity index (χ0n) is 14.7. The first-order chi connectivity index (χ1) is 12.2. The van der Waals surface area contributed by atoms with E-state index in [1.807, 2.05) is 29.2 Å². The van der Waals surface area contributed by atoms with E-state index in [1.54, 1.807) is 0 Å². The van der Waals surface area contributed by atoms with E-state index in [0.29, 0.717) is 23.1 Å². The van der Waals surface area contributed by atoms with Crippen molar-refractivity contribution in [1.82, 2.24) is 10.2 Å². The molecule has 2 saturated heterocycles. The Morgan fingerprint density at radius 3 is 2.68 bits per heavy atom. The largest absolute Gasteiger partial charge is 0.488 e. The molecule has 2 N–H and O–H groups in total. The van der Waals surface area contributed by atoms with Crippen molar-refractivity contribution < 1.29 is 14.6 Å². The lowest BCUT2D eigenvalue weighted by Gasteiger charge is -2.35. The average Bonchev–Trinajstić information content (AvgIpc) is 3.09. The molecule has 136 valence electrons. The van der Waals surface area contributed by atoms with Crippen molar-refractivity contribution in [2.45, 2.75) is 44.3 Å². The standard InChI is InChI=1S/C20H28N2O3/c23-18-10-15-12-21-13-16(15)11-19(18)25-17-6-4-5-14(9-17)20(24)22-7-2-1-3-8-22/h4-6,9,15-16,18-19,21,23H,1-3,7-8,10-13H2/t15-,16+,18+,19+/m0/s1. The molecule has 0 bridgehead atoms. The second-order valence-corrected chi connectivity index (χ2v) is 7.75. The van der Waals surface area contributed by atoms with Crippen molar-refractivity contribution in [2.75, 3.05) is 26.2 Å². The first-order valence-corrected chi connectivity index (χ1v) is 9.65. The second-order valence-electron chi connectivity index (χ2n) is 7.75. The van der Waals surface area contributed by atoms with Gasteiger partial charge in [0.15, 0.2) is 0 Å². The van der Waals surface area contributed by atoms with Crippen LogP contribution in [0.1, 0.15) is 42.5 Å². The van der Waals surface area contributed by atoms with Crippen LogP contribution in [0, 0.1) is 11.8 Å². The number of hydrogen-bond donors (Lipinski definition) is 2. The maximum Gasteiger partial charge on any atom is 0.253 e.